The monoisotopic (exact) mass is 455 g/mol. The Kier molecular flexibility index (Phi) is 5.22. The maximum absolute atomic E-state index is 12.8. The largest absolute Gasteiger partial charge is 0.322 e. The first kappa shape index (κ1) is 20.6. The molecule has 31 heavy (non-hydrogen) atoms. The maximum atomic E-state index is 12.8. The standard InChI is InChI=1S/C21H14ClN3O5S/c22-12-5-8-14(9-6-12)31(29,30)25-18-4-2-1-3-16(18)20(27)23-13-7-10-15-17(11-13)21(28)24-19(15)26/h1-11,25H,(H,23,27)(H,24,26,28). The fraction of sp³-hybridized carbons (Fsp3) is 0. The number of halogens is 1. The third kappa shape index (κ3) is 4.14. The third-order valence-electron chi connectivity index (χ3n) is 4.53. The Balaban J connectivity index is 1.59. The summed E-state index contributed by atoms with van der Waals surface area (Å²) >= 11 is 5.81. The first-order valence-corrected chi connectivity index (χ1v) is 10.8. The van der Waals surface area contributed by atoms with Gasteiger partial charge in [0.15, 0.2) is 0 Å². The quantitative estimate of drug-likeness (QED) is 0.510. The number of benzene rings is 3. The van der Waals surface area contributed by atoms with Crippen molar-refractivity contribution in [3.63, 3.8) is 0 Å². The van der Waals surface area contributed by atoms with Crippen molar-refractivity contribution in [1.29, 1.82) is 0 Å². The Hall–Kier alpha value is -3.69. The van der Waals surface area contributed by atoms with E-state index in [9.17, 15) is 22.8 Å². The zero-order valence-corrected chi connectivity index (χ0v) is 17.3. The SMILES string of the molecule is O=C(Nc1ccc2c(c1)C(=O)NC2=O)c1ccccc1NS(=O)(=O)c1ccc(Cl)cc1. The summed E-state index contributed by atoms with van der Waals surface area (Å²) in [6.45, 7) is 0. The predicted octanol–water partition coefficient (Wildman–Crippen LogP) is 3.28. The van der Waals surface area contributed by atoms with Gasteiger partial charge >= 0.3 is 0 Å². The van der Waals surface area contributed by atoms with E-state index < -0.39 is 27.7 Å². The van der Waals surface area contributed by atoms with Gasteiger partial charge in [0.05, 0.1) is 27.3 Å². The van der Waals surface area contributed by atoms with Gasteiger partial charge in [0, 0.05) is 10.7 Å². The number of anilines is 2. The van der Waals surface area contributed by atoms with Gasteiger partial charge in [-0.15, -0.1) is 0 Å². The van der Waals surface area contributed by atoms with Crippen LogP contribution in [-0.4, -0.2) is 26.1 Å². The van der Waals surface area contributed by atoms with Crippen molar-refractivity contribution >= 4 is 50.7 Å². The third-order valence-corrected chi connectivity index (χ3v) is 6.17. The van der Waals surface area contributed by atoms with Crippen molar-refractivity contribution in [2.24, 2.45) is 0 Å². The van der Waals surface area contributed by atoms with Gasteiger partial charge in [0.25, 0.3) is 27.7 Å². The van der Waals surface area contributed by atoms with Crippen LogP contribution in [0.4, 0.5) is 11.4 Å². The van der Waals surface area contributed by atoms with Crippen LogP contribution in [0, 0.1) is 0 Å². The molecule has 1 aliphatic heterocycles. The highest BCUT2D eigenvalue weighted by Crippen LogP contribution is 2.24. The maximum Gasteiger partial charge on any atom is 0.261 e. The molecular weight excluding hydrogens is 442 g/mol. The molecule has 0 spiro atoms. The van der Waals surface area contributed by atoms with E-state index in [0.29, 0.717) is 5.02 Å². The summed E-state index contributed by atoms with van der Waals surface area (Å²) in [5.74, 6) is -1.65. The van der Waals surface area contributed by atoms with Crippen molar-refractivity contribution in [1.82, 2.24) is 5.32 Å². The number of carbonyl (C=O) groups is 3. The minimum absolute atomic E-state index is 0.0126. The number of amides is 3. The number of sulfonamides is 1. The second-order valence-corrected chi connectivity index (χ2v) is 8.72. The molecule has 1 aliphatic rings. The molecule has 3 amide bonds. The van der Waals surface area contributed by atoms with Crippen LogP contribution >= 0.6 is 11.6 Å². The van der Waals surface area contributed by atoms with E-state index in [2.05, 4.69) is 15.4 Å². The van der Waals surface area contributed by atoms with Gasteiger partial charge in [-0.3, -0.25) is 24.4 Å². The highest BCUT2D eigenvalue weighted by molar-refractivity contribution is 7.92. The summed E-state index contributed by atoms with van der Waals surface area (Å²) in [7, 11) is -3.96. The molecule has 1 heterocycles. The first-order valence-electron chi connectivity index (χ1n) is 8.93. The molecule has 0 saturated carbocycles. The second kappa shape index (κ2) is 7.86. The molecule has 4 rings (SSSR count). The Morgan fingerprint density at radius 3 is 2.29 bits per heavy atom. The lowest BCUT2D eigenvalue weighted by Gasteiger charge is -2.13. The Morgan fingerprint density at radius 1 is 0.871 bits per heavy atom. The fourth-order valence-corrected chi connectivity index (χ4v) is 4.24. The summed E-state index contributed by atoms with van der Waals surface area (Å²) in [6, 6.07) is 16.0. The number of imide groups is 1. The van der Waals surface area contributed by atoms with Crippen LogP contribution in [0.15, 0.2) is 71.6 Å². The molecule has 10 heteroatoms. The normalized spacial score (nSPS) is 12.8. The van der Waals surface area contributed by atoms with E-state index in [0.717, 1.165) is 0 Å². The van der Waals surface area contributed by atoms with Gasteiger partial charge in [-0.1, -0.05) is 23.7 Å². The number of rotatable bonds is 5. The number of hydrogen-bond donors (Lipinski definition) is 3. The molecule has 0 bridgehead atoms. The van der Waals surface area contributed by atoms with Gasteiger partial charge in [-0.2, -0.15) is 0 Å². The summed E-state index contributed by atoms with van der Waals surface area (Å²) in [5.41, 5.74) is 0.799. The van der Waals surface area contributed by atoms with E-state index in [1.165, 1.54) is 54.6 Å². The molecule has 0 radical (unpaired) electrons. The molecule has 3 aromatic rings. The van der Waals surface area contributed by atoms with E-state index in [-0.39, 0.29) is 33.0 Å². The first-order chi connectivity index (χ1) is 14.7. The number of nitrogens with one attached hydrogen (secondary N) is 3. The molecule has 0 atom stereocenters. The van der Waals surface area contributed by atoms with E-state index >= 15 is 0 Å². The van der Waals surface area contributed by atoms with Crippen molar-refractivity contribution in [3.8, 4) is 0 Å². The molecule has 0 saturated heterocycles. The van der Waals surface area contributed by atoms with E-state index in [4.69, 9.17) is 11.6 Å². The summed E-state index contributed by atoms with van der Waals surface area (Å²) in [5, 5.41) is 5.18. The second-order valence-electron chi connectivity index (χ2n) is 6.60. The Bertz CT molecular complexity index is 1340. The Labute approximate surface area is 182 Å². The van der Waals surface area contributed by atoms with Crippen LogP contribution < -0.4 is 15.4 Å². The molecule has 3 aromatic carbocycles. The summed E-state index contributed by atoms with van der Waals surface area (Å²) < 4.78 is 27.8. The highest BCUT2D eigenvalue weighted by atomic mass is 35.5. The molecule has 8 nitrogen and oxygen atoms in total. The molecule has 0 aliphatic carbocycles. The van der Waals surface area contributed by atoms with Crippen LogP contribution in [0.3, 0.4) is 0 Å². The molecule has 156 valence electrons. The number of para-hydroxylation sites is 1. The number of hydrogen-bond acceptors (Lipinski definition) is 5. The molecule has 0 fully saturated rings. The average Bonchev–Trinajstić information content (AvgIpc) is 3.01. The van der Waals surface area contributed by atoms with Crippen LogP contribution in [-0.2, 0) is 10.0 Å². The lowest BCUT2D eigenvalue weighted by Crippen LogP contribution is -2.20. The van der Waals surface area contributed by atoms with Crippen LogP contribution in [0.1, 0.15) is 31.1 Å². The van der Waals surface area contributed by atoms with E-state index in [1.54, 1.807) is 12.1 Å². The minimum Gasteiger partial charge on any atom is -0.322 e. The topological polar surface area (TPSA) is 121 Å². The predicted molar refractivity (Wildman–Crippen MR) is 115 cm³/mol. The summed E-state index contributed by atoms with van der Waals surface area (Å²) in [4.78, 5) is 36.3. The Morgan fingerprint density at radius 2 is 1.55 bits per heavy atom. The zero-order valence-electron chi connectivity index (χ0n) is 15.7. The molecule has 0 aromatic heterocycles. The molecule has 0 unspecified atom stereocenters. The van der Waals surface area contributed by atoms with Gasteiger partial charge in [-0.05, 0) is 54.6 Å². The lowest BCUT2D eigenvalue weighted by molar-refractivity contribution is 0.0878. The van der Waals surface area contributed by atoms with Crippen LogP contribution in [0.5, 0.6) is 0 Å². The molecular formula is C21H14ClN3O5S. The number of fused-ring (bicyclic) bond motifs is 1. The fourth-order valence-electron chi connectivity index (χ4n) is 3.03. The summed E-state index contributed by atoms with van der Waals surface area (Å²) in [6.07, 6.45) is 0. The van der Waals surface area contributed by atoms with Gasteiger partial charge in [0.1, 0.15) is 0 Å². The van der Waals surface area contributed by atoms with Crippen molar-refractivity contribution in [2.75, 3.05) is 10.0 Å². The highest BCUT2D eigenvalue weighted by Gasteiger charge is 2.27. The average molecular weight is 456 g/mol. The van der Waals surface area contributed by atoms with Crippen LogP contribution in [0.2, 0.25) is 5.02 Å². The smallest absolute Gasteiger partial charge is 0.261 e. The van der Waals surface area contributed by atoms with Crippen LogP contribution in [0.25, 0.3) is 0 Å². The van der Waals surface area contributed by atoms with Gasteiger partial charge in [0.2, 0.25) is 0 Å². The zero-order chi connectivity index (χ0) is 22.2. The van der Waals surface area contributed by atoms with E-state index in [1.807, 2.05) is 0 Å². The van der Waals surface area contributed by atoms with Crippen molar-refractivity contribution in [2.45, 2.75) is 4.90 Å². The molecule has 3 N–H and O–H groups in total. The lowest BCUT2D eigenvalue weighted by atomic mass is 10.1. The van der Waals surface area contributed by atoms with Gasteiger partial charge < -0.3 is 5.32 Å². The van der Waals surface area contributed by atoms with Gasteiger partial charge in [-0.25, -0.2) is 8.42 Å². The minimum atomic E-state index is -3.96. The van der Waals surface area contributed by atoms with Crippen molar-refractivity contribution < 1.29 is 22.8 Å². The van der Waals surface area contributed by atoms with Crippen molar-refractivity contribution in [3.05, 3.63) is 88.4 Å². The number of carbonyl (C=O) groups excluding carboxylic acids is 3.